The molecule has 0 saturated carbocycles. The average molecular weight is 473 g/mol. The smallest absolute Gasteiger partial charge is 0.491 e. The Labute approximate surface area is 190 Å². The van der Waals surface area contributed by atoms with Gasteiger partial charge in [0.25, 0.3) is 0 Å². The molecule has 12 heteroatoms. The third-order valence-corrected chi connectivity index (χ3v) is 5.02. The van der Waals surface area contributed by atoms with Gasteiger partial charge < -0.3 is 20.1 Å². The molecular formula is C22H15F4N5O3. The number of hydrogen-bond acceptors (Lipinski definition) is 6. The van der Waals surface area contributed by atoms with Crippen LogP contribution in [0.5, 0.6) is 11.5 Å². The molecule has 0 bridgehead atoms. The lowest BCUT2D eigenvalue weighted by Gasteiger charge is -2.39. The van der Waals surface area contributed by atoms with E-state index in [-0.39, 0.29) is 35.7 Å². The largest absolute Gasteiger partial charge is 0.573 e. The van der Waals surface area contributed by atoms with E-state index in [0.717, 1.165) is 12.1 Å². The predicted octanol–water partition coefficient (Wildman–Crippen LogP) is 4.23. The van der Waals surface area contributed by atoms with E-state index in [1.807, 2.05) is 6.07 Å². The third kappa shape index (κ3) is 4.68. The van der Waals surface area contributed by atoms with Crippen molar-refractivity contribution in [3.63, 3.8) is 0 Å². The molecule has 4 rings (SSSR count). The van der Waals surface area contributed by atoms with Gasteiger partial charge in [0.2, 0.25) is 0 Å². The van der Waals surface area contributed by atoms with Gasteiger partial charge in [-0.3, -0.25) is 4.98 Å². The van der Waals surface area contributed by atoms with Gasteiger partial charge in [-0.05, 0) is 42.0 Å². The number of hydrogen-bond donors (Lipinski definition) is 2. The number of benzene rings is 1. The molecule has 0 saturated heterocycles. The summed E-state index contributed by atoms with van der Waals surface area (Å²) >= 11 is 0. The first-order chi connectivity index (χ1) is 16.2. The maximum atomic E-state index is 14.6. The van der Waals surface area contributed by atoms with Crippen molar-refractivity contribution in [1.29, 1.82) is 5.26 Å². The number of amides is 2. The van der Waals surface area contributed by atoms with Gasteiger partial charge >= 0.3 is 12.4 Å². The fourth-order valence-electron chi connectivity index (χ4n) is 3.60. The Morgan fingerprint density at radius 2 is 2.03 bits per heavy atom. The highest BCUT2D eigenvalue weighted by Gasteiger charge is 2.43. The monoisotopic (exact) mass is 473 g/mol. The summed E-state index contributed by atoms with van der Waals surface area (Å²) < 4.78 is 61.6. The van der Waals surface area contributed by atoms with Gasteiger partial charge in [-0.15, -0.1) is 13.2 Å². The summed E-state index contributed by atoms with van der Waals surface area (Å²) in [6, 6.07) is 10.1. The number of alkyl halides is 3. The van der Waals surface area contributed by atoms with Crippen LogP contribution in [0.15, 0.2) is 54.9 Å². The lowest BCUT2D eigenvalue weighted by Crippen LogP contribution is -2.51. The van der Waals surface area contributed by atoms with E-state index in [1.54, 1.807) is 12.1 Å². The van der Waals surface area contributed by atoms with Crippen molar-refractivity contribution in [2.45, 2.75) is 18.3 Å². The lowest BCUT2D eigenvalue weighted by molar-refractivity contribution is -0.275. The zero-order valence-corrected chi connectivity index (χ0v) is 17.2. The molecule has 1 atom stereocenters. The van der Waals surface area contributed by atoms with Crippen LogP contribution < -0.4 is 20.1 Å². The highest BCUT2D eigenvalue weighted by molar-refractivity contribution is 5.90. The first kappa shape index (κ1) is 22.8. The van der Waals surface area contributed by atoms with E-state index < -0.39 is 29.5 Å². The Morgan fingerprint density at radius 3 is 2.71 bits per heavy atom. The molecule has 1 unspecified atom stereocenters. The summed E-state index contributed by atoms with van der Waals surface area (Å²) in [6.07, 6.45) is -2.23. The molecule has 2 amide bonds. The molecule has 2 aromatic heterocycles. The fraction of sp³-hybridized carbons (Fsp3) is 0.182. The van der Waals surface area contributed by atoms with Crippen LogP contribution in [0.25, 0.3) is 0 Å². The Bertz CT molecular complexity index is 1260. The van der Waals surface area contributed by atoms with Gasteiger partial charge in [-0.2, -0.15) is 5.26 Å². The average Bonchev–Trinajstić information content (AvgIpc) is 2.80. The van der Waals surface area contributed by atoms with Gasteiger partial charge in [-0.1, -0.05) is 6.07 Å². The summed E-state index contributed by atoms with van der Waals surface area (Å²) in [7, 11) is 0. The normalized spacial score (nSPS) is 17.0. The van der Waals surface area contributed by atoms with Crippen molar-refractivity contribution < 1.29 is 31.8 Å². The minimum atomic E-state index is -5.07. The molecule has 0 fully saturated rings. The predicted molar refractivity (Wildman–Crippen MR) is 109 cm³/mol. The maximum absolute atomic E-state index is 14.6. The summed E-state index contributed by atoms with van der Waals surface area (Å²) in [6.45, 7) is 0.111. The van der Waals surface area contributed by atoms with Crippen LogP contribution in [0.2, 0.25) is 0 Å². The number of carbonyl (C=O) groups excluding carboxylic acids is 1. The number of pyridine rings is 2. The summed E-state index contributed by atoms with van der Waals surface area (Å²) in [4.78, 5) is 21.1. The lowest BCUT2D eigenvalue weighted by atomic mass is 9.81. The number of anilines is 1. The number of aromatic nitrogens is 2. The van der Waals surface area contributed by atoms with E-state index >= 15 is 0 Å². The molecule has 174 valence electrons. The zero-order valence-electron chi connectivity index (χ0n) is 17.2. The number of ether oxygens (including phenoxy) is 2. The van der Waals surface area contributed by atoms with Gasteiger partial charge in [0, 0.05) is 12.6 Å². The molecule has 34 heavy (non-hydrogen) atoms. The molecule has 1 aliphatic heterocycles. The van der Waals surface area contributed by atoms with E-state index in [1.165, 1.54) is 30.6 Å². The zero-order chi connectivity index (χ0) is 24.3. The van der Waals surface area contributed by atoms with Crippen molar-refractivity contribution in [2.24, 2.45) is 0 Å². The molecule has 0 aliphatic carbocycles. The maximum Gasteiger partial charge on any atom is 0.573 e. The summed E-state index contributed by atoms with van der Waals surface area (Å²) in [5.74, 6) is -1.95. The number of rotatable bonds is 4. The molecule has 8 nitrogen and oxygen atoms in total. The van der Waals surface area contributed by atoms with Crippen molar-refractivity contribution in [3.8, 4) is 17.6 Å². The van der Waals surface area contributed by atoms with Crippen LogP contribution in [0.3, 0.4) is 0 Å². The minimum absolute atomic E-state index is 0.106. The summed E-state index contributed by atoms with van der Waals surface area (Å²) in [5.41, 5.74) is -0.618. The molecule has 3 heterocycles. The second-order valence-electron chi connectivity index (χ2n) is 7.17. The Kier molecular flexibility index (Phi) is 5.93. The quantitative estimate of drug-likeness (QED) is 0.549. The van der Waals surface area contributed by atoms with E-state index in [4.69, 9.17) is 10.00 Å². The fourth-order valence-corrected chi connectivity index (χ4v) is 3.60. The minimum Gasteiger partial charge on any atom is -0.491 e. The van der Waals surface area contributed by atoms with Crippen molar-refractivity contribution in [1.82, 2.24) is 15.3 Å². The number of fused-ring (bicyclic) bond motifs is 1. The number of nitriles is 1. The van der Waals surface area contributed by atoms with Gasteiger partial charge in [0.15, 0.2) is 11.6 Å². The Balaban J connectivity index is 1.71. The van der Waals surface area contributed by atoms with Crippen LogP contribution in [0.4, 0.5) is 28.0 Å². The molecule has 1 aliphatic rings. The Morgan fingerprint density at radius 1 is 1.21 bits per heavy atom. The number of nitrogens with one attached hydrogen (secondary N) is 2. The highest BCUT2D eigenvalue weighted by Crippen LogP contribution is 2.41. The van der Waals surface area contributed by atoms with Gasteiger partial charge in [0.05, 0.1) is 18.5 Å². The van der Waals surface area contributed by atoms with Crippen molar-refractivity contribution in [2.75, 3.05) is 11.9 Å². The molecule has 3 aromatic rings. The summed E-state index contributed by atoms with van der Waals surface area (Å²) in [5, 5.41) is 14.2. The van der Waals surface area contributed by atoms with Crippen molar-refractivity contribution in [3.05, 3.63) is 77.6 Å². The van der Waals surface area contributed by atoms with Crippen LogP contribution in [0, 0.1) is 17.1 Å². The van der Waals surface area contributed by atoms with E-state index in [0.29, 0.717) is 5.75 Å². The van der Waals surface area contributed by atoms with Crippen LogP contribution >= 0.6 is 0 Å². The number of nitrogens with zero attached hydrogens (tertiary/aromatic N) is 3. The van der Waals surface area contributed by atoms with E-state index in [9.17, 15) is 22.4 Å². The van der Waals surface area contributed by atoms with Crippen LogP contribution in [-0.4, -0.2) is 29.0 Å². The second-order valence-corrected chi connectivity index (χ2v) is 7.17. The molecule has 0 spiro atoms. The van der Waals surface area contributed by atoms with Crippen molar-refractivity contribution >= 4 is 11.7 Å². The van der Waals surface area contributed by atoms with Crippen LogP contribution in [-0.2, 0) is 5.54 Å². The SMILES string of the molecule is N#Cc1ccc(NC(=O)NC2(c3ccc(OC(F)(F)F)c(F)c3)CCOc3cccnc32)cn1. The molecule has 2 N–H and O–H groups in total. The topological polar surface area (TPSA) is 109 Å². The van der Waals surface area contributed by atoms with Crippen LogP contribution in [0.1, 0.15) is 23.4 Å². The van der Waals surface area contributed by atoms with Gasteiger partial charge in [0.1, 0.15) is 28.7 Å². The first-order valence-electron chi connectivity index (χ1n) is 9.79. The third-order valence-electron chi connectivity index (χ3n) is 5.02. The highest BCUT2D eigenvalue weighted by atomic mass is 19.4. The number of halogens is 4. The number of urea groups is 1. The molecule has 1 aromatic carbocycles. The van der Waals surface area contributed by atoms with E-state index in [2.05, 4.69) is 25.3 Å². The molecular weight excluding hydrogens is 458 g/mol. The van der Waals surface area contributed by atoms with Gasteiger partial charge in [-0.25, -0.2) is 14.2 Å². The Hall–Kier alpha value is -4.40. The second kappa shape index (κ2) is 8.86. The number of carbonyl (C=O) groups is 1. The molecule has 0 radical (unpaired) electrons. The first-order valence-corrected chi connectivity index (χ1v) is 9.79. The standard InChI is InChI=1S/C22H15F4N5O3/c23-16-10-13(3-6-17(16)34-22(24,25)26)21(7-9-33-18-2-1-8-28-19(18)21)31-20(32)30-15-5-4-14(11-27)29-12-15/h1-6,8,10,12H,7,9H2,(H2,30,31,32).